The molecule has 0 spiro atoms. The maximum absolute atomic E-state index is 5.79. The molecule has 1 fully saturated rings. The van der Waals surface area contributed by atoms with Gasteiger partial charge in [0.15, 0.2) is 0 Å². The van der Waals surface area contributed by atoms with Gasteiger partial charge in [0.2, 0.25) is 0 Å². The minimum Gasteiger partial charge on any atom is -0.301 e. The van der Waals surface area contributed by atoms with Crippen LogP contribution in [0, 0.1) is 5.92 Å². The average molecular weight is 205 g/mol. The Labute approximate surface area is 86.8 Å². The first kappa shape index (κ1) is 11.3. The van der Waals surface area contributed by atoms with E-state index in [2.05, 4.69) is 23.6 Å². The van der Waals surface area contributed by atoms with Gasteiger partial charge in [-0.25, -0.2) is 0 Å². The van der Waals surface area contributed by atoms with Gasteiger partial charge in [-0.15, -0.1) is 11.6 Å². The van der Waals surface area contributed by atoms with E-state index in [0.29, 0.717) is 5.92 Å². The van der Waals surface area contributed by atoms with Crippen molar-refractivity contribution in [3.8, 4) is 0 Å². The van der Waals surface area contributed by atoms with Crippen LogP contribution < -0.4 is 0 Å². The van der Waals surface area contributed by atoms with Crippen LogP contribution in [-0.4, -0.2) is 54.9 Å². The fourth-order valence-corrected chi connectivity index (χ4v) is 1.88. The van der Waals surface area contributed by atoms with E-state index in [9.17, 15) is 0 Å². The molecule has 0 aliphatic carbocycles. The summed E-state index contributed by atoms with van der Waals surface area (Å²) in [5, 5.41) is 0. The van der Waals surface area contributed by atoms with Crippen molar-refractivity contribution in [2.45, 2.75) is 13.8 Å². The summed E-state index contributed by atoms with van der Waals surface area (Å²) in [6.07, 6.45) is 0. The van der Waals surface area contributed by atoms with E-state index in [0.717, 1.165) is 5.88 Å². The molecule has 3 heteroatoms. The van der Waals surface area contributed by atoms with Crippen molar-refractivity contribution in [1.82, 2.24) is 9.80 Å². The van der Waals surface area contributed by atoms with Crippen LogP contribution in [0.4, 0.5) is 0 Å². The molecule has 0 aromatic carbocycles. The first-order chi connectivity index (χ1) is 6.26. The van der Waals surface area contributed by atoms with Crippen LogP contribution >= 0.6 is 11.6 Å². The first-order valence-corrected chi connectivity index (χ1v) is 5.80. The zero-order valence-corrected chi connectivity index (χ0v) is 9.56. The molecule has 0 aromatic rings. The molecule has 0 bridgehead atoms. The predicted octanol–water partition coefficient (Wildman–Crippen LogP) is 1.50. The third kappa shape index (κ3) is 3.84. The van der Waals surface area contributed by atoms with Gasteiger partial charge in [-0.1, -0.05) is 13.8 Å². The fourth-order valence-electron chi connectivity index (χ4n) is 1.78. The Bertz CT molecular complexity index is 133. The highest BCUT2D eigenvalue weighted by molar-refractivity contribution is 6.18. The van der Waals surface area contributed by atoms with Crippen LogP contribution in [0.5, 0.6) is 0 Å². The van der Waals surface area contributed by atoms with Crippen LogP contribution in [0.3, 0.4) is 0 Å². The number of nitrogens with zero attached hydrogens (tertiary/aromatic N) is 2. The molecule has 1 atom stereocenters. The monoisotopic (exact) mass is 204 g/mol. The van der Waals surface area contributed by atoms with Crippen LogP contribution in [0.15, 0.2) is 0 Å². The van der Waals surface area contributed by atoms with Gasteiger partial charge in [0.05, 0.1) is 0 Å². The number of likely N-dealkylation sites (N-methyl/N-ethyl adjacent to an activating group) is 1. The number of rotatable bonds is 4. The Hall–Kier alpha value is 0.210. The molecular formula is C10H21ClN2. The normalized spacial score (nSPS) is 23.3. The van der Waals surface area contributed by atoms with Gasteiger partial charge >= 0.3 is 0 Å². The Morgan fingerprint density at radius 3 is 2.15 bits per heavy atom. The predicted molar refractivity (Wildman–Crippen MR) is 58.4 cm³/mol. The number of halogens is 1. The number of hydrogen-bond acceptors (Lipinski definition) is 2. The van der Waals surface area contributed by atoms with E-state index < -0.39 is 0 Å². The SMILES string of the molecule is CCN1CCN(C[C@H](C)CCl)CC1. The number of piperazine rings is 1. The van der Waals surface area contributed by atoms with Gasteiger partial charge in [-0.3, -0.25) is 0 Å². The van der Waals surface area contributed by atoms with E-state index in [-0.39, 0.29) is 0 Å². The lowest BCUT2D eigenvalue weighted by molar-refractivity contribution is 0.127. The highest BCUT2D eigenvalue weighted by atomic mass is 35.5. The van der Waals surface area contributed by atoms with Crippen LogP contribution in [-0.2, 0) is 0 Å². The summed E-state index contributed by atoms with van der Waals surface area (Å²) < 4.78 is 0. The van der Waals surface area contributed by atoms with E-state index >= 15 is 0 Å². The van der Waals surface area contributed by atoms with Gasteiger partial charge in [-0.2, -0.15) is 0 Å². The molecule has 1 saturated heterocycles. The zero-order valence-electron chi connectivity index (χ0n) is 8.80. The second-order valence-corrected chi connectivity index (χ2v) is 4.30. The maximum Gasteiger partial charge on any atom is 0.0261 e. The minimum atomic E-state index is 0.634. The lowest BCUT2D eigenvalue weighted by Crippen LogP contribution is -2.47. The number of alkyl halides is 1. The summed E-state index contributed by atoms with van der Waals surface area (Å²) in [5.74, 6) is 1.42. The summed E-state index contributed by atoms with van der Waals surface area (Å²) in [7, 11) is 0. The van der Waals surface area contributed by atoms with Crippen molar-refractivity contribution < 1.29 is 0 Å². The first-order valence-electron chi connectivity index (χ1n) is 5.27. The second kappa shape index (κ2) is 5.84. The van der Waals surface area contributed by atoms with E-state index in [4.69, 9.17) is 11.6 Å². The summed E-state index contributed by atoms with van der Waals surface area (Å²) in [6.45, 7) is 11.7. The highest BCUT2D eigenvalue weighted by Gasteiger charge is 2.16. The zero-order chi connectivity index (χ0) is 9.68. The summed E-state index contributed by atoms with van der Waals surface area (Å²) in [6, 6.07) is 0. The molecule has 0 aromatic heterocycles. The molecule has 0 amide bonds. The Balaban J connectivity index is 2.17. The summed E-state index contributed by atoms with van der Waals surface area (Å²) >= 11 is 5.79. The second-order valence-electron chi connectivity index (χ2n) is 3.99. The fraction of sp³-hybridized carbons (Fsp3) is 1.00. The molecule has 1 aliphatic heterocycles. The van der Waals surface area contributed by atoms with Crippen molar-refractivity contribution >= 4 is 11.6 Å². The van der Waals surface area contributed by atoms with Gasteiger partial charge < -0.3 is 9.80 Å². The maximum atomic E-state index is 5.79. The molecule has 13 heavy (non-hydrogen) atoms. The van der Waals surface area contributed by atoms with Gasteiger partial charge in [-0.05, 0) is 12.5 Å². The molecule has 78 valence electrons. The van der Waals surface area contributed by atoms with E-state index in [1.54, 1.807) is 0 Å². The average Bonchev–Trinajstić information content (AvgIpc) is 2.19. The van der Waals surface area contributed by atoms with Crippen molar-refractivity contribution in [3.63, 3.8) is 0 Å². The molecule has 0 radical (unpaired) electrons. The Kier molecular flexibility index (Phi) is 5.07. The van der Waals surface area contributed by atoms with Crippen LogP contribution in [0.1, 0.15) is 13.8 Å². The smallest absolute Gasteiger partial charge is 0.0261 e. The highest BCUT2D eigenvalue weighted by Crippen LogP contribution is 2.06. The lowest BCUT2D eigenvalue weighted by atomic mass is 10.2. The summed E-state index contributed by atoms with van der Waals surface area (Å²) in [5.41, 5.74) is 0. The van der Waals surface area contributed by atoms with Crippen molar-refractivity contribution in [2.75, 3.05) is 45.1 Å². The summed E-state index contributed by atoms with van der Waals surface area (Å²) in [4.78, 5) is 5.03. The molecule has 0 N–H and O–H groups in total. The largest absolute Gasteiger partial charge is 0.301 e. The quantitative estimate of drug-likeness (QED) is 0.641. The molecular weight excluding hydrogens is 184 g/mol. The van der Waals surface area contributed by atoms with Crippen LogP contribution in [0.2, 0.25) is 0 Å². The number of hydrogen-bond donors (Lipinski definition) is 0. The molecule has 1 heterocycles. The Morgan fingerprint density at radius 1 is 1.15 bits per heavy atom. The van der Waals surface area contributed by atoms with E-state index in [1.165, 1.54) is 39.3 Å². The van der Waals surface area contributed by atoms with Gasteiger partial charge in [0.25, 0.3) is 0 Å². The topological polar surface area (TPSA) is 6.48 Å². The molecule has 0 saturated carbocycles. The van der Waals surface area contributed by atoms with E-state index in [1.807, 2.05) is 0 Å². The van der Waals surface area contributed by atoms with Gasteiger partial charge in [0.1, 0.15) is 0 Å². The Morgan fingerprint density at radius 2 is 1.69 bits per heavy atom. The minimum absolute atomic E-state index is 0.634. The van der Waals surface area contributed by atoms with Gasteiger partial charge in [0, 0.05) is 38.6 Å². The lowest BCUT2D eigenvalue weighted by Gasteiger charge is -2.35. The molecule has 2 nitrogen and oxygen atoms in total. The molecule has 1 aliphatic rings. The van der Waals surface area contributed by atoms with Crippen molar-refractivity contribution in [2.24, 2.45) is 5.92 Å². The third-order valence-corrected chi connectivity index (χ3v) is 3.27. The van der Waals surface area contributed by atoms with Crippen molar-refractivity contribution in [3.05, 3.63) is 0 Å². The standard InChI is InChI=1S/C10H21ClN2/c1-3-12-4-6-13(7-5-12)9-10(2)8-11/h10H,3-9H2,1-2H3/t10-/m1/s1. The third-order valence-electron chi connectivity index (χ3n) is 2.75. The molecule has 0 unspecified atom stereocenters. The van der Waals surface area contributed by atoms with Crippen molar-refractivity contribution in [1.29, 1.82) is 0 Å². The van der Waals surface area contributed by atoms with Crippen LogP contribution in [0.25, 0.3) is 0 Å². The molecule has 1 rings (SSSR count).